The molecule has 0 atom stereocenters. The zero-order valence-corrected chi connectivity index (χ0v) is 22.2. The zero-order valence-electron chi connectivity index (χ0n) is 8.15. The molecule has 0 spiro atoms. The van der Waals surface area contributed by atoms with E-state index in [1.165, 1.54) is 0 Å². The van der Waals surface area contributed by atoms with Gasteiger partial charge in [0, 0.05) is 163 Å². The van der Waals surface area contributed by atoms with Crippen LogP contribution >= 0.6 is 0 Å². The Balaban J connectivity index is -0.000000000364. The van der Waals surface area contributed by atoms with Gasteiger partial charge in [-0.25, -0.2) is 0 Å². The summed E-state index contributed by atoms with van der Waals surface area (Å²) in [5.41, 5.74) is 0. The Kier molecular flexibility index (Phi) is 1070. The fourth-order valence-electron chi connectivity index (χ4n) is 0. The molecule has 9 radical (unpaired) electrons. The van der Waals surface area contributed by atoms with Crippen LogP contribution in [0, 0.1) is 14.4 Å². The smallest absolute Gasteiger partial charge is 0.693 e. The van der Waals surface area contributed by atoms with Crippen molar-refractivity contribution in [1.29, 1.82) is 0 Å². The van der Waals surface area contributed by atoms with Crippen LogP contribution in [-0.4, -0.2) is 0 Å². The Morgan fingerprint density at radius 3 is 0.786 bits per heavy atom. The van der Waals surface area contributed by atoms with Crippen LogP contribution in [0.4, 0.5) is 0 Å². The predicted octanol–water partition coefficient (Wildman–Crippen LogP) is 2.38. The molecule has 0 aliphatic rings. The van der Waals surface area contributed by atoms with Crippen molar-refractivity contribution < 1.29 is 181 Å². The summed E-state index contributed by atoms with van der Waals surface area (Å²) in [7, 11) is 0. The van der Waals surface area contributed by atoms with Gasteiger partial charge < -0.3 is 20.5 Å². The minimum Gasteiger partial charge on any atom is -0.693 e. The van der Waals surface area contributed by atoms with Gasteiger partial charge in [0.05, 0.1) is 0 Å². The Morgan fingerprint density at radius 1 is 0.786 bits per heavy atom. The van der Waals surface area contributed by atoms with Crippen LogP contribution in [0.1, 0.15) is 13.3 Å². The monoisotopic (exact) mass is 571 g/mol. The van der Waals surface area contributed by atoms with Crippen LogP contribution in [0.15, 0.2) is 0 Å². The molecular formula is C4H12NV8Y-. The van der Waals surface area contributed by atoms with Crippen molar-refractivity contribution in [3.05, 3.63) is 20.5 Å². The van der Waals surface area contributed by atoms with Crippen molar-refractivity contribution in [1.82, 2.24) is 0 Å². The third-order valence-electron chi connectivity index (χ3n) is 0. The molecule has 2 N–H and O–H groups in total. The number of hydrogen-bond donors (Lipinski definition) is 0. The standard InChI is InChI=1S/C3H7.CH3.H2N.8V.Y/c1-3-2;;;;;;;;;;;/h1,3H2,2H3;1H3;1H2;;;;;;;;;/q3*-1;;;;;;;;+2;. The van der Waals surface area contributed by atoms with E-state index in [1.807, 2.05) is 6.92 Å². The number of rotatable bonds is 0. The van der Waals surface area contributed by atoms with Gasteiger partial charge >= 0.3 is 18.6 Å². The summed E-state index contributed by atoms with van der Waals surface area (Å²) >= 11 is 0. The molecule has 1 nitrogen and oxygen atoms in total. The molecule has 0 aliphatic carbocycles. The second kappa shape index (κ2) is 130. The SMILES string of the molecule is [CH2-]CC.[CH3-].[NH2-].[V+2].[V].[V].[V].[V].[V].[V].[V].[Y]. The summed E-state index contributed by atoms with van der Waals surface area (Å²) in [5.74, 6) is 0. The molecule has 0 aromatic carbocycles. The van der Waals surface area contributed by atoms with Crippen molar-refractivity contribution in [2.75, 3.05) is 0 Å². The zero-order chi connectivity index (χ0) is 2.71. The van der Waals surface area contributed by atoms with Crippen molar-refractivity contribution in [3.8, 4) is 0 Å². The van der Waals surface area contributed by atoms with Crippen LogP contribution in [0.2, 0.25) is 0 Å². The van der Waals surface area contributed by atoms with Gasteiger partial charge in [-0.1, -0.05) is 6.92 Å². The van der Waals surface area contributed by atoms with Crippen LogP contribution in [0.3, 0.4) is 0 Å². The van der Waals surface area contributed by atoms with E-state index in [9.17, 15) is 0 Å². The molecule has 0 rings (SSSR count). The van der Waals surface area contributed by atoms with Gasteiger partial charge in [-0.05, 0) is 0 Å². The summed E-state index contributed by atoms with van der Waals surface area (Å²) < 4.78 is 0. The third-order valence-corrected chi connectivity index (χ3v) is 0. The molecule has 0 bridgehead atoms. The van der Waals surface area contributed by atoms with E-state index in [4.69, 9.17) is 0 Å². The summed E-state index contributed by atoms with van der Waals surface area (Å²) in [5, 5.41) is 0. The molecule has 0 aliphatic heterocycles. The van der Waals surface area contributed by atoms with E-state index in [1.54, 1.807) is 0 Å². The molecule has 0 unspecified atom stereocenters. The summed E-state index contributed by atoms with van der Waals surface area (Å²) in [6.07, 6.45) is 1.00. The fraction of sp³-hybridized carbons (Fsp3) is 0.500. The van der Waals surface area contributed by atoms with Gasteiger partial charge in [-0.2, -0.15) is 6.42 Å². The molecule has 0 heterocycles. The van der Waals surface area contributed by atoms with E-state index in [0.717, 1.165) is 6.42 Å². The van der Waals surface area contributed by atoms with Crippen LogP contribution < -0.4 is 0 Å². The Bertz CT molecular complexity index is 21.3. The second-order valence-corrected chi connectivity index (χ2v) is 0.500. The first-order chi connectivity index (χ1) is 1.41. The quantitative estimate of drug-likeness (QED) is 0.401. The molecule has 0 aromatic rings. The maximum atomic E-state index is 3.49. The van der Waals surface area contributed by atoms with Gasteiger partial charge in [0.1, 0.15) is 0 Å². The summed E-state index contributed by atoms with van der Waals surface area (Å²) in [6.45, 7) is 5.50. The molecule has 0 saturated carbocycles. The maximum absolute atomic E-state index is 3.49. The molecule has 14 heavy (non-hydrogen) atoms. The van der Waals surface area contributed by atoms with Crippen LogP contribution in [0.5, 0.6) is 0 Å². The minimum atomic E-state index is 0. The van der Waals surface area contributed by atoms with Crippen molar-refractivity contribution in [2.45, 2.75) is 13.3 Å². The summed E-state index contributed by atoms with van der Waals surface area (Å²) in [4.78, 5) is 0. The van der Waals surface area contributed by atoms with Crippen LogP contribution in [0.25, 0.3) is 6.15 Å². The maximum Gasteiger partial charge on any atom is 2.00 e. The van der Waals surface area contributed by atoms with E-state index >= 15 is 0 Å². The molecular weight excluding hydrogens is 559 g/mol. The molecule has 10 heteroatoms. The Hall–Kier alpha value is 5.74. The molecule has 0 fully saturated rings. The molecule has 0 saturated heterocycles. The van der Waals surface area contributed by atoms with Crippen LogP contribution in [-0.2, 0) is 181 Å². The fourth-order valence-corrected chi connectivity index (χ4v) is 0. The average Bonchev–Trinajstić information content (AvgIpc) is 0.918. The van der Waals surface area contributed by atoms with Crippen molar-refractivity contribution >= 4 is 0 Å². The molecule has 0 aromatic heterocycles. The first-order valence-corrected chi connectivity index (χ1v) is 1.21. The van der Waals surface area contributed by atoms with Crippen molar-refractivity contribution in [2.24, 2.45) is 0 Å². The van der Waals surface area contributed by atoms with Gasteiger partial charge in [0.25, 0.3) is 0 Å². The number of hydrogen-bond acceptors (Lipinski definition) is 0. The Labute approximate surface area is 210 Å². The number of nitrogens with two attached hydrogens (primary N) is 1. The minimum absolute atomic E-state index is 0. The van der Waals surface area contributed by atoms with E-state index in [2.05, 4.69) is 6.92 Å². The van der Waals surface area contributed by atoms with E-state index in [0.29, 0.717) is 0 Å². The predicted molar refractivity (Wildman–Crippen MR) is 27.3 cm³/mol. The van der Waals surface area contributed by atoms with Gasteiger partial charge in [0.15, 0.2) is 0 Å². The normalized spacial score (nSPS) is 1.29. The van der Waals surface area contributed by atoms with Gasteiger partial charge in [-0.15, -0.1) is 0 Å². The largest absolute Gasteiger partial charge is 2.00 e. The first-order valence-electron chi connectivity index (χ1n) is 1.21. The summed E-state index contributed by atoms with van der Waals surface area (Å²) in [6, 6.07) is 0. The second-order valence-electron chi connectivity index (χ2n) is 0.500. The van der Waals surface area contributed by atoms with E-state index in [-0.39, 0.29) is 195 Å². The van der Waals surface area contributed by atoms with Crippen molar-refractivity contribution in [3.63, 3.8) is 0 Å². The first kappa shape index (κ1) is 116. The van der Waals surface area contributed by atoms with Gasteiger partial charge in [0.2, 0.25) is 0 Å². The van der Waals surface area contributed by atoms with Gasteiger partial charge in [-0.3, -0.25) is 0 Å². The third kappa shape index (κ3) is 151. The van der Waals surface area contributed by atoms with E-state index < -0.39 is 0 Å². The molecule has 0 amide bonds. The molecule has 77 valence electrons. The topological polar surface area (TPSA) is 33.5 Å². The average molecular weight is 571 g/mol. The Morgan fingerprint density at radius 2 is 0.786 bits per heavy atom.